The Morgan fingerprint density at radius 3 is 2.04 bits per heavy atom. The highest BCUT2D eigenvalue weighted by Crippen LogP contribution is 2.11. The molecule has 10 heteroatoms. The van der Waals surface area contributed by atoms with E-state index in [9.17, 15) is 19.7 Å². The third-order valence-electron chi connectivity index (χ3n) is 3.28. The molecule has 0 aromatic carbocycles. The predicted molar refractivity (Wildman–Crippen MR) is 102 cm³/mol. The molecule has 1 aromatic heterocycles. The van der Waals surface area contributed by atoms with E-state index in [2.05, 4.69) is 4.98 Å². The molecule has 0 spiro atoms. The first-order valence-corrected chi connectivity index (χ1v) is 9.08. The minimum atomic E-state index is -0.633. The van der Waals surface area contributed by atoms with Gasteiger partial charge in [0.05, 0.1) is 19.6 Å². The minimum absolute atomic E-state index is 0.0808. The zero-order valence-electron chi connectivity index (χ0n) is 17.4. The van der Waals surface area contributed by atoms with Crippen molar-refractivity contribution in [2.45, 2.75) is 65.7 Å². The number of ether oxygens (including phenoxy) is 2. The number of imidazole rings is 1. The van der Waals surface area contributed by atoms with E-state index in [0.717, 1.165) is 0 Å². The fraction of sp³-hybridized carbons (Fsp3) is 0.722. The molecule has 0 bridgehead atoms. The molecule has 0 saturated carbocycles. The van der Waals surface area contributed by atoms with Crippen LogP contribution < -0.4 is 0 Å². The lowest BCUT2D eigenvalue weighted by Crippen LogP contribution is -2.40. The van der Waals surface area contributed by atoms with Gasteiger partial charge < -0.3 is 19.6 Å². The second-order valence-corrected chi connectivity index (χ2v) is 8.41. The van der Waals surface area contributed by atoms with Gasteiger partial charge in [-0.15, -0.1) is 0 Å². The first-order chi connectivity index (χ1) is 12.8. The lowest BCUT2D eigenvalue weighted by molar-refractivity contribution is -0.396. The predicted octanol–water partition coefficient (Wildman–Crippen LogP) is 2.17. The van der Waals surface area contributed by atoms with E-state index in [4.69, 9.17) is 9.47 Å². The van der Waals surface area contributed by atoms with E-state index >= 15 is 0 Å². The van der Waals surface area contributed by atoms with E-state index in [0.29, 0.717) is 19.5 Å². The van der Waals surface area contributed by atoms with Gasteiger partial charge in [-0.2, -0.15) is 0 Å². The van der Waals surface area contributed by atoms with Crippen molar-refractivity contribution in [3.63, 3.8) is 0 Å². The number of rotatable bonds is 9. The molecule has 28 heavy (non-hydrogen) atoms. The van der Waals surface area contributed by atoms with Gasteiger partial charge in [-0.05, 0) is 52.9 Å². The van der Waals surface area contributed by atoms with Crippen molar-refractivity contribution in [1.29, 1.82) is 0 Å². The van der Waals surface area contributed by atoms with Crippen LogP contribution in [0.2, 0.25) is 0 Å². The molecule has 0 saturated heterocycles. The van der Waals surface area contributed by atoms with E-state index in [1.165, 1.54) is 17.0 Å². The van der Waals surface area contributed by atoms with Gasteiger partial charge in [0.1, 0.15) is 23.6 Å². The van der Waals surface area contributed by atoms with E-state index < -0.39 is 28.1 Å². The van der Waals surface area contributed by atoms with Crippen LogP contribution in [0.5, 0.6) is 0 Å². The Kier molecular flexibility index (Phi) is 8.10. The summed E-state index contributed by atoms with van der Waals surface area (Å²) in [6.07, 6.45) is 3.35. The molecule has 158 valence electrons. The summed E-state index contributed by atoms with van der Waals surface area (Å²) in [7, 11) is 0. The number of carbonyl (C=O) groups excluding carboxylic acids is 2. The summed E-state index contributed by atoms with van der Waals surface area (Å²) in [6.45, 7) is 11.1. The van der Waals surface area contributed by atoms with Crippen molar-refractivity contribution >= 4 is 17.9 Å². The summed E-state index contributed by atoms with van der Waals surface area (Å²) < 4.78 is 12.0. The zero-order valence-corrected chi connectivity index (χ0v) is 17.4. The Labute approximate surface area is 165 Å². The van der Waals surface area contributed by atoms with Gasteiger partial charge in [0.15, 0.2) is 0 Å². The number of hydrogen-bond donors (Lipinski definition) is 0. The molecule has 1 aromatic rings. The molecule has 0 amide bonds. The van der Waals surface area contributed by atoms with Gasteiger partial charge >= 0.3 is 17.9 Å². The van der Waals surface area contributed by atoms with Crippen LogP contribution in [0, 0.1) is 10.1 Å². The number of hydrogen-bond acceptors (Lipinski definition) is 8. The molecule has 0 unspecified atom stereocenters. The molecule has 1 rings (SSSR count). The van der Waals surface area contributed by atoms with Gasteiger partial charge in [-0.1, -0.05) is 4.98 Å². The fourth-order valence-corrected chi connectivity index (χ4v) is 2.44. The molecule has 0 N–H and O–H groups in total. The van der Waals surface area contributed by atoms with Gasteiger partial charge in [0.2, 0.25) is 0 Å². The standard InChI is InChI=1S/C18H30N4O6/c1-17(2,3)27-14(23)12-20(13-15(24)28-18(4,5)6)9-7-10-21-11-8-19-16(21)22(25)26/h8,11H,7,9-10,12-13H2,1-6H3. The quantitative estimate of drug-likeness (QED) is 0.353. The van der Waals surface area contributed by atoms with Crippen molar-refractivity contribution in [3.05, 3.63) is 22.5 Å². The number of esters is 2. The molecule has 0 atom stereocenters. The number of aromatic nitrogens is 2. The molecule has 0 aliphatic heterocycles. The Bertz CT molecular complexity index is 657. The monoisotopic (exact) mass is 398 g/mol. The maximum absolute atomic E-state index is 12.2. The summed E-state index contributed by atoms with van der Waals surface area (Å²) in [5, 5.41) is 10.9. The Balaban J connectivity index is 2.70. The second kappa shape index (κ2) is 9.63. The highest BCUT2D eigenvalue weighted by atomic mass is 16.6. The van der Waals surface area contributed by atoms with Gasteiger partial charge in [-0.3, -0.25) is 14.5 Å². The molecular formula is C18H30N4O6. The zero-order chi connectivity index (χ0) is 21.5. The SMILES string of the molecule is CC(C)(C)OC(=O)CN(CCCn1ccnc1[N+](=O)[O-])CC(=O)OC(C)(C)C. The van der Waals surface area contributed by atoms with Gasteiger partial charge in [0, 0.05) is 6.54 Å². The van der Waals surface area contributed by atoms with Gasteiger partial charge in [0.25, 0.3) is 0 Å². The van der Waals surface area contributed by atoms with Crippen LogP contribution in [0.15, 0.2) is 12.4 Å². The molecule has 10 nitrogen and oxygen atoms in total. The van der Waals surface area contributed by atoms with Crippen LogP contribution in [-0.4, -0.2) is 62.1 Å². The van der Waals surface area contributed by atoms with E-state index in [-0.39, 0.29) is 19.0 Å². The smallest absolute Gasteiger partial charge is 0.434 e. The first-order valence-electron chi connectivity index (χ1n) is 9.08. The highest BCUT2D eigenvalue weighted by Gasteiger charge is 2.23. The summed E-state index contributed by atoms with van der Waals surface area (Å²) >= 11 is 0. The maximum atomic E-state index is 12.2. The summed E-state index contributed by atoms with van der Waals surface area (Å²) in [5.41, 5.74) is -1.27. The van der Waals surface area contributed by atoms with E-state index in [1.54, 1.807) is 46.4 Å². The maximum Gasteiger partial charge on any atom is 0.434 e. The average Bonchev–Trinajstić information content (AvgIpc) is 2.91. The number of carbonyl (C=O) groups is 2. The molecule has 1 heterocycles. The van der Waals surface area contributed by atoms with Crippen molar-refractivity contribution in [2.75, 3.05) is 19.6 Å². The summed E-state index contributed by atoms with van der Waals surface area (Å²) in [6, 6.07) is 0. The van der Waals surface area contributed by atoms with Crippen molar-refractivity contribution in [1.82, 2.24) is 14.5 Å². The highest BCUT2D eigenvalue weighted by molar-refractivity contribution is 5.75. The molecule has 0 aliphatic carbocycles. The molecule has 0 radical (unpaired) electrons. The van der Waals surface area contributed by atoms with E-state index in [1.807, 2.05) is 0 Å². The molecular weight excluding hydrogens is 368 g/mol. The third-order valence-corrected chi connectivity index (χ3v) is 3.28. The fourth-order valence-electron chi connectivity index (χ4n) is 2.44. The van der Waals surface area contributed by atoms with Crippen LogP contribution >= 0.6 is 0 Å². The molecule has 0 aliphatic rings. The number of aryl methyl sites for hydroxylation is 1. The van der Waals surface area contributed by atoms with Crippen molar-refractivity contribution < 1.29 is 24.0 Å². The van der Waals surface area contributed by atoms with Crippen molar-refractivity contribution in [2.24, 2.45) is 0 Å². The van der Waals surface area contributed by atoms with Crippen LogP contribution in [0.25, 0.3) is 0 Å². The van der Waals surface area contributed by atoms with Crippen LogP contribution in [0.3, 0.4) is 0 Å². The minimum Gasteiger partial charge on any atom is -0.459 e. The number of nitro groups is 1. The average molecular weight is 398 g/mol. The van der Waals surface area contributed by atoms with Crippen LogP contribution in [0.4, 0.5) is 5.95 Å². The normalized spacial score (nSPS) is 12.1. The summed E-state index contributed by atoms with van der Waals surface area (Å²) in [4.78, 5) is 40.0. The topological polar surface area (TPSA) is 117 Å². The molecule has 0 fully saturated rings. The third kappa shape index (κ3) is 9.45. The Morgan fingerprint density at radius 2 is 1.61 bits per heavy atom. The Hall–Kier alpha value is -2.49. The lowest BCUT2D eigenvalue weighted by atomic mass is 10.2. The largest absolute Gasteiger partial charge is 0.459 e. The van der Waals surface area contributed by atoms with Crippen LogP contribution in [-0.2, 0) is 25.6 Å². The number of nitrogens with zero attached hydrogens (tertiary/aromatic N) is 4. The summed E-state index contributed by atoms with van der Waals surface area (Å²) in [5.74, 6) is -1.15. The Morgan fingerprint density at radius 1 is 1.11 bits per heavy atom. The van der Waals surface area contributed by atoms with Crippen molar-refractivity contribution in [3.8, 4) is 0 Å². The second-order valence-electron chi connectivity index (χ2n) is 8.41. The van der Waals surface area contributed by atoms with Crippen LogP contribution in [0.1, 0.15) is 48.0 Å². The van der Waals surface area contributed by atoms with Gasteiger partial charge in [-0.25, -0.2) is 4.57 Å². The lowest BCUT2D eigenvalue weighted by Gasteiger charge is -2.26. The first kappa shape index (κ1) is 23.5.